The molecule has 14 heteroatoms. The average Bonchev–Trinajstić information content (AvgIpc) is 3.25. The van der Waals surface area contributed by atoms with Gasteiger partial charge in [0.05, 0.1) is 46.1 Å². The van der Waals surface area contributed by atoms with E-state index in [1.807, 2.05) is 33.3 Å². The van der Waals surface area contributed by atoms with Crippen LogP contribution in [0.5, 0.6) is 0 Å². The number of phosphoric ester groups is 1. The van der Waals surface area contributed by atoms with Crippen LogP contribution in [-0.2, 0) is 37.4 Å². The second-order valence-electron chi connectivity index (χ2n) is 19.8. The molecule has 2 unspecified atom stereocenters. The first-order chi connectivity index (χ1) is 31.7. The zero-order valence-corrected chi connectivity index (χ0v) is 43.4. The number of hydrogen-bond donors (Lipinski definition) is 4. The van der Waals surface area contributed by atoms with Crippen LogP contribution in [0.25, 0.3) is 0 Å². The van der Waals surface area contributed by atoms with Gasteiger partial charge in [-0.05, 0) is 32.1 Å². The van der Waals surface area contributed by atoms with Crippen molar-refractivity contribution in [2.45, 2.75) is 244 Å². The van der Waals surface area contributed by atoms with Gasteiger partial charge in [-0.2, -0.15) is 0 Å². The normalized spacial score (nSPS) is 19.9. The van der Waals surface area contributed by atoms with E-state index in [2.05, 4.69) is 13.8 Å². The summed E-state index contributed by atoms with van der Waals surface area (Å²) in [7, 11) is 1.34. The lowest BCUT2D eigenvalue weighted by Gasteiger charge is -2.36. The largest absolute Gasteiger partial charge is 0.472 e. The Morgan fingerprint density at radius 1 is 0.697 bits per heavy atom. The van der Waals surface area contributed by atoms with Gasteiger partial charge >= 0.3 is 19.8 Å². The number of aliphatic hydroxyl groups is 3. The number of carbonyl (C=O) groups excluding carboxylic acids is 2. The molecule has 0 amide bonds. The predicted molar refractivity (Wildman–Crippen MR) is 265 cm³/mol. The van der Waals surface area contributed by atoms with Crippen LogP contribution in [0, 0.1) is 5.92 Å². The number of aliphatic hydroxyl groups excluding tert-OH is 3. The minimum absolute atomic E-state index is 0.0102. The molecule has 1 aliphatic rings. The molecule has 0 spiro atoms. The summed E-state index contributed by atoms with van der Waals surface area (Å²) < 4.78 is 40.1. The SMILES string of the molecule is CCCCCCCCCCCCCCCCCCCCCCCC(=O)O[C@H](COC(=O)CCC/C=C\C[C@H]1[C@@H](O)CC(O)O[C@@H]1/C=C/[C@@H](O)CCCCC)COP(=O)(O)OCC[N+](C)(C)C. The number of rotatable bonds is 44. The Morgan fingerprint density at radius 3 is 1.76 bits per heavy atom. The van der Waals surface area contributed by atoms with Gasteiger partial charge in [-0.1, -0.05) is 186 Å². The second kappa shape index (κ2) is 40.1. The quantitative estimate of drug-likeness (QED) is 0.0150. The maximum atomic E-state index is 12.8. The fraction of sp³-hybridized carbons (Fsp3) is 0.885. The second-order valence-corrected chi connectivity index (χ2v) is 21.3. The van der Waals surface area contributed by atoms with Gasteiger partial charge in [-0.3, -0.25) is 18.6 Å². The lowest BCUT2D eigenvalue weighted by molar-refractivity contribution is -0.870. The van der Waals surface area contributed by atoms with E-state index >= 15 is 0 Å². The van der Waals surface area contributed by atoms with Crippen LogP contribution in [-0.4, -0.2) is 115 Å². The Bertz CT molecular complexity index is 1290. The van der Waals surface area contributed by atoms with Crippen LogP contribution < -0.4 is 0 Å². The summed E-state index contributed by atoms with van der Waals surface area (Å²) in [6.45, 7) is 4.04. The predicted octanol–water partition coefficient (Wildman–Crippen LogP) is 11.6. The molecule has 0 bridgehead atoms. The lowest BCUT2D eigenvalue weighted by Crippen LogP contribution is -2.43. The number of esters is 2. The van der Waals surface area contributed by atoms with Crippen LogP contribution in [0.3, 0.4) is 0 Å². The van der Waals surface area contributed by atoms with E-state index in [0.717, 1.165) is 38.5 Å². The highest BCUT2D eigenvalue weighted by molar-refractivity contribution is 7.47. The summed E-state index contributed by atoms with van der Waals surface area (Å²) >= 11 is 0. The van der Waals surface area contributed by atoms with Crippen LogP contribution in [0.15, 0.2) is 24.3 Å². The van der Waals surface area contributed by atoms with E-state index in [-0.39, 0.29) is 38.4 Å². The minimum atomic E-state index is -4.45. The first-order valence-electron chi connectivity index (χ1n) is 26.5. The molecule has 0 radical (unpaired) electrons. The molecular weight excluding hydrogens is 862 g/mol. The van der Waals surface area contributed by atoms with Crippen molar-refractivity contribution in [3.05, 3.63) is 24.3 Å². The monoisotopic (exact) mass is 961 g/mol. The Morgan fingerprint density at radius 2 is 1.21 bits per heavy atom. The number of ether oxygens (including phenoxy) is 3. The van der Waals surface area contributed by atoms with E-state index in [0.29, 0.717) is 43.1 Å². The van der Waals surface area contributed by atoms with Crippen molar-refractivity contribution in [3.63, 3.8) is 0 Å². The zero-order valence-electron chi connectivity index (χ0n) is 42.5. The number of hydrogen-bond acceptors (Lipinski definition) is 11. The highest BCUT2D eigenvalue weighted by atomic mass is 31.2. The van der Waals surface area contributed by atoms with E-state index in [1.165, 1.54) is 109 Å². The van der Waals surface area contributed by atoms with E-state index in [4.69, 9.17) is 23.3 Å². The van der Waals surface area contributed by atoms with Crippen molar-refractivity contribution in [1.82, 2.24) is 0 Å². The van der Waals surface area contributed by atoms with Crippen LogP contribution in [0.2, 0.25) is 0 Å². The van der Waals surface area contributed by atoms with Crippen molar-refractivity contribution in [1.29, 1.82) is 0 Å². The molecule has 0 aromatic carbocycles. The minimum Gasteiger partial charge on any atom is -0.462 e. The molecular formula is C52H99NO12P+. The third-order valence-corrected chi connectivity index (χ3v) is 13.3. The van der Waals surface area contributed by atoms with Gasteiger partial charge in [0, 0.05) is 25.2 Å². The number of phosphoric acid groups is 1. The first kappa shape index (κ1) is 62.3. The van der Waals surface area contributed by atoms with Gasteiger partial charge < -0.3 is 38.9 Å². The van der Waals surface area contributed by atoms with Gasteiger partial charge in [0.1, 0.15) is 19.8 Å². The molecule has 1 aliphatic heterocycles. The van der Waals surface area contributed by atoms with Crippen molar-refractivity contribution < 1.29 is 62.1 Å². The average molecular weight is 961 g/mol. The van der Waals surface area contributed by atoms with Crippen molar-refractivity contribution in [2.24, 2.45) is 5.92 Å². The molecule has 0 saturated carbocycles. The number of likely N-dealkylation sites (N-methyl/N-ethyl adjacent to an activating group) is 1. The zero-order chi connectivity index (χ0) is 48.7. The molecule has 1 fully saturated rings. The fourth-order valence-electron chi connectivity index (χ4n) is 8.06. The van der Waals surface area contributed by atoms with Crippen LogP contribution >= 0.6 is 7.82 Å². The molecule has 0 aromatic heterocycles. The fourth-order valence-corrected chi connectivity index (χ4v) is 8.80. The smallest absolute Gasteiger partial charge is 0.462 e. The topological polar surface area (TPSA) is 178 Å². The molecule has 388 valence electrons. The third-order valence-electron chi connectivity index (χ3n) is 12.3. The summed E-state index contributed by atoms with van der Waals surface area (Å²) in [5.74, 6) is -1.29. The highest BCUT2D eigenvalue weighted by Crippen LogP contribution is 2.43. The van der Waals surface area contributed by atoms with E-state index in [9.17, 15) is 34.4 Å². The Balaban J connectivity index is 2.40. The standard InChI is InChI=1S/C52H98NO12P/c1-6-8-10-11-12-13-14-15-16-17-18-19-20-21-22-23-24-25-26-27-33-37-51(57)64-46(44-63-66(59,60)62-41-40-53(3,4)5)43-61-50(56)36-32-29-28-31-35-47-48(55)42-52(58)65-49(47)39-38-45(54)34-30-9-7-2/h28,31,38-39,45-49,52,54-55,58H,6-27,29-30,32-37,40-44H2,1-5H3/p+1/b31-28-,39-38+/t45-,46+,47-,48-,49+,52?/m0/s1. The number of carbonyl (C=O) groups is 2. The molecule has 7 atom stereocenters. The molecule has 1 saturated heterocycles. The summed E-state index contributed by atoms with van der Waals surface area (Å²) in [4.78, 5) is 35.8. The number of quaternary nitrogens is 1. The molecule has 66 heavy (non-hydrogen) atoms. The Kier molecular flexibility index (Phi) is 37.9. The van der Waals surface area contributed by atoms with Gasteiger partial charge in [-0.15, -0.1) is 0 Å². The van der Waals surface area contributed by atoms with Crippen molar-refractivity contribution in [2.75, 3.05) is 47.5 Å². The number of allylic oxidation sites excluding steroid dienone is 2. The number of unbranched alkanes of at least 4 members (excludes halogenated alkanes) is 23. The maximum Gasteiger partial charge on any atom is 0.472 e. The first-order valence-corrected chi connectivity index (χ1v) is 28.0. The summed E-state index contributed by atoms with van der Waals surface area (Å²) in [6, 6.07) is 0. The molecule has 4 N–H and O–H groups in total. The third kappa shape index (κ3) is 37.3. The van der Waals surface area contributed by atoms with Crippen molar-refractivity contribution in [3.8, 4) is 0 Å². The van der Waals surface area contributed by atoms with Gasteiger partial charge in [0.2, 0.25) is 0 Å². The summed E-state index contributed by atoms with van der Waals surface area (Å²) in [5, 5.41) is 31.1. The Hall–Kier alpha value is -1.67. The van der Waals surface area contributed by atoms with Crippen LogP contribution in [0.4, 0.5) is 0 Å². The van der Waals surface area contributed by atoms with Crippen molar-refractivity contribution >= 4 is 19.8 Å². The number of nitrogens with zero attached hydrogens (tertiary/aromatic N) is 1. The molecule has 1 rings (SSSR count). The lowest BCUT2D eigenvalue weighted by atomic mass is 9.87. The molecule has 13 nitrogen and oxygen atoms in total. The summed E-state index contributed by atoms with van der Waals surface area (Å²) in [5.41, 5.74) is 0. The van der Waals surface area contributed by atoms with Gasteiger partial charge in [-0.25, -0.2) is 4.57 Å². The van der Waals surface area contributed by atoms with Gasteiger partial charge in [0.15, 0.2) is 12.4 Å². The maximum absolute atomic E-state index is 12.8. The van der Waals surface area contributed by atoms with Crippen LogP contribution in [0.1, 0.15) is 213 Å². The van der Waals surface area contributed by atoms with E-state index < -0.39 is 57.1 Å². The molecule has 0 aromatic rings. The highest BCUT2D eigenvalue weighted by Gasteiger charge is 2.35. The van der Waals surface area contributed by atoms with E-state index in [1.54, 1.807) is 12.2 Å². The molecule has 1 heterocycles. The molecule has 0 aliphatic carbocycles. The Labute approximate surface area is 402 Å². The van der Waals surface area contributed by atoms with Gasteiger partial charge in [0.25, 0.3) is 0 Å². The summed E-state index contributed by atoms with van der Waals surface area (Å²) in [6.07, 6.45) is 35.6.